The van der Waals surface area contributed by atoms with Crippen LogP contribution in [0.15, 0.2) is 18.6 Å². The minimum Gasteiger partial charge on any atom is -0.337 e. The Bertz CT molecular complexity index is 703. The maximum absolute atomic E-state index is 12.9. The maximum atomic E-state index is 12.9. The van der Waals surface area contributed by atoms with Gasteiger partial charge in [-0.05, 0) is 13.5 Å². The zero-order valence-electron chi connectivity index (χ0n) is 14.2. The Balaban J connectivity index is 1.83. The van der Waals surface area contributed by atoms with E-state index in [2.05, 4.69) is 22.0 Å². The van der Waals surface area contributed by atoms with E-state index in [1.165, 1.54) is 0 Å². The lowest BCUT2D eigenvalue weighted by Gasteiger charge is -2.39. The maximum Gasteiger partial charge on any atom is 0.257 e. The number of carbonyl (C=O) groups is 1. The van der Waals surface area contributed by atoms with Crippen LogP contribution in [-0.4, -0.2) is 61.7 Å². The van der Waals surface area contributed by atoms with Crippen molar-refractivity contribution in [1.82, 2.24) is 29.1 Å². The number of aromatic nitrogens is 4. The van der Waals surface area contributed by atoms with E-state index >= 15 is 0 Å². The molecule has 1 unspecified atom stereocenters. The SMILES string of the molecule is CCc1nn(C)cc1C(=O)N1CCN(C)C(c2nccn2C)C1. The predicted octanol–water partition coefficient (Wildman–Crippen LogP) is 0.845. The standard InChI is InChI=1S/C16H24N6O/c1-5-13-12(10-21(4)18-13)16(23)22-9-8-19(2)14(11-22)15-17-6-7-20(15)3/h6-7,10,14H,5,8-9,11H2,1-4H3. The highest BCUT2D eigenvalue weighted by Crippen LogP contribution is 2.24. The van der Waals surface area contributed by atoms with Crippen LogP contribution in [0.1, 0.15) is 34.8 Å². The first-order chi connectivity index (χ1) is 11.0. The molecule has 7 heteroatoms. The summed E-state index contributed by atoms with van der Waals surface area (Å²) in [7, 11) is 5.94. The van der Waals surface area contributed by atoms with Gasteiger partial charge in [0, 0.05) is 52.3 Å². The highest BCUT2D eigenvalue weighted by Gasteiger charge is 2.32. The molecule has 1 amide bonds. The van der Waals surface area contributed by atoms with Crippen LogP contribution in [0.3, 0.4) is 0 Å². The van der Waals surface area contributed by atoms with Gasteiger partial charge < -0.3 is 9.47 Å². The smallest absolute Gasteiger partial charge is 0.257 e. The van der Waals surface area contributed by atoms with Crippen molar-refractivity contribution in [3.05, 3.63) is 35.7 Å². The fourth-order valence-electron chi connectivity index (χ4n) is 3.18. The van der Waals surface area contributed by atoms with Crippen LogP contribution in [0.4, 0.5) is 0 Å². The molecule has 1 fully saturated rings. The van der Waals surface area contributed by atoms with Gasteiger partial charge >= 0.3 is 0 Å². The fourth-order valence-corrected chi connectivity index (χ4v) is 3.18. The lowest BCUT2D eigenvalue weighted by atomic mass is 10.1. The van der Waals surface area contributed by atoms with Crippen LogP contribution in [0, 0.1) is 0 Å². The molecule has 0 aliphatic carbocycles. The fraction of sp³-hybridized carbons (Fsp3) is 0.562. The van der Waals surface area contributed by atoms with Crippen LogP contribution in [0.25, 0.3) is 0 Å². The third-order valence-corrected chi connectivity index (χ3v) is 4.56. The topological polar surface area (TPSA) is 59.2 Å². The van der Waals surface area contributed by atoms with Gasteiger partial charge in [0.15, 0.2) is 0 Å². The van der Waals surface area contributed by atoms with Gasteiger partial charge in [-0.15, -0.1) is 0 Å². The zero-order chi connectivity index (χ0) is 16.6. The van der Waals surface area contributed by atoms with Crippen molar-refractivity contribution < 1.29 is 4.79 Å². The molecule has 1 atom stereocenters. The van der Waals surface area contributed by atoms with E-state index in [0.717, 1.165) is 36.6 Å². The Morgan fingerprint density at radius 2 is 2.09 bits per heavy atom. The number of hydrogen-bond acceptors (Lipinski definition) is 4. The number of rotatable bonds is 3. The van der Waals surface area contributed by atoms with Crippen LogP contribution < -0.4 is 0 Å². The molecule has 2 aromatic heterocycles. The first-order valence-electron chi connectivity index (χ1n) is 8.00. The Hall–Kier alpha value is -2.15. The summed E-state index contributed by atoms with van der Waals surface area (Å²) in [4.78, 5) is 21.6. The molecular formula is C16H24N6O. The minimum absolute atomic E-state index is 0.0715. The largest absolute Gasteiger partial charge is 0.337 e. The third kappa shape index (κ3) is 2.88. The number of piperazine rings is 1. The quantitative estimate of drug-likeness (QED) is 0.842. The molecule has 3 heterocycles. The molecule has 0 saturated carbocycles. The van der Waals surface area contributed by atoms with Crippen LogP contribution >= 0.6 is 0 Å². The van der Waals surface area contributed by atoms with Gasteiger partial charge in [0.1, 0.15) is 5.82 Å². The number of aryl methyl sites for hydroxylation is 3. The molecule has 0 aromatic carbocycles. The average molecular weight is 316 g/mol. The van der Waals surface area contributed by atoms with Gasteiger partial charge in [-0.3, -0.25) is 14.4 Å². The highest BCUT2D eigenvalue weighted by atomic mass is 16.2. The molecule has 1 aliphatic rings. The van der Waals surface area contributed by atoms with Crippen LogP contribution in [0.2, 0.25) is 0 Å². The van der Waals surface area contributed by atoms with Gasteiger partial charge in [0.25, 0.3) is 5.91 Å². The van der Waals surface area contributed by atoms with Gasteiger partial charge in [-0.1, -0.05) is 6.92 Å². The second kappa shape index (κ2) is 6.16. The summed E-state index contributed by atoms with van der Waals surface area (Å²) in [6.45, 7) is 4.25. The second-order valence-electron chi connectivity index (χ2n) is 6.16. The van der Waals surface area contributed by atoms with Crippen molar-refractivity contribution in [3.63, 3.8) is 0 Å². The summed E-state index contributed by atoms with van der Waals surface area (Å²) < 4.78 is 3.75. The normalized spacial score (nSPS) is 19.3. The van der Waals surface area contributed by atoms with Crippen LogP contribution in [-0.2, 0) is 20.5 Å². The summed E-state index contributed by atoms with van der Waals surface area (Å²) in [5.41, 5.74) is 1.59. The molecule has 0 radical (unpaired) electrons. The highest BCUT2D eigenvalue weighted by molar-refractivity contribution is 5.95. The van der Waals surface area contributed by atoms with E-state index in [1.807, 2.05) is 42.9 Å². The first-order valence-corrected chi connectivity index (χ1v) is 8.00. The molecule has 1 saturated heterocycles. The van der Waals surface area contributed by atoms with E-state index in [-0.39, 0.29) is 11.9 Å². The van der Waals surface area contributed by atoms with Gasteiger partial charge in [-0.25, -0.2) is 4.98 Å². The van der Waals surface area contributed by atoms with Crippen molar-refractivity contribution in [3.8, 4) is 0 Å². The number of carbonyl (C=O) groups excluding carboxylic acids is 1. The monoisotopic (exact) mass is 316 g/mol. The first kappa shape index (κ1) is 15.7. The molecule has 1 aliphatic heterocycles. The van der Waals surface area contributed by atoms with Crippen LogP contribution in [0.5, 0.6) is 0 Å². The van der Waals surface area contributed by atoms with E-state index in [4.69, 9.17) is 0 Å². The summed E-state index contributed by atoms with van der Waals surface area (Å²) in [6, 6.07) is 0.120. The Morgan fingerprint density at radius 3 is 2.74 bits per heavy atom. The van der Waals surface area contributed by atoms with Crippen molar-refractivity contribution >= 4 is 5.91 Å². The van der Waals surface area contributed by atoms with Crippen molar-refractivity contribution in [1.29, 1.82) is 0 Å². The number of likely N-dealkylation sites (N-methyl/N-ethyl adjacent to an activating group) is 1. The average Bonchev–Trinajstić information content (AvgIpc) is 3.12. The summed E-state index contributed by atoms with van der Waals surface area (Å²) >= 11 is 0. The van der Waals surface area contributed by atoms with E-state index in [1.54, 1.807) is 10.9 Å². The zero-order valence-corrected chi connectivity index (χ0v) is 14.2. The summed E-state index contributed by atoms with van der Waals surface area (Å²) in [5.74, 6) is 1.06. The van der Waals surface area contributed by atoms with Crippen molar-refractivity contribution in [2.45, 2.75) is 19.4 Å². The minimum atomic E-state index is 0.0715. The molecule has 0 N–H and O–H groups in total. The number of imidazole rings is 1. The number of hydrogen-bond donors (Lipinski definition) is 0. The number of amides is 1. The Kier molecular flexibility index (Phi) is 4.21. The van der Waals surface area contributed by atoms with E-state index in [0.29, 0.717) is 6.54 Å². The molecule has 0 spiro atoms. The van der Waals surface area contributed by atoms with E-state index < -0.39 is 0 Å². The predicted molar refractivity (Wildman–Crippen MR) is 87.1 cm³/mol. The molecule has 7 nitrogen and oxygen atoms in total. The summed E-state index contributed by atoms with van der Waals surface area (Å²) in [5, 5.41) is 4.39. The third-order valence-electron chi connectivity index (χ3n) is 4.56. The molecule has 124 valence electrons. The molecule has 23 heavy (non-hydrogen) atoms. The van der Waals surface area contributed by atoms with Crippen molar-refractivity contribution in [2.24, 2.45) is 14.1 Å². The van der Waals surface area contributed by atoms with Gasteiger partial charge in [0.05, 0.1) is 17.3 Å². The molecule has 3 rings (SSSR count). The van der Waals surface area contributed by atoms with Crippen molar-refractivity contribution in [2.75, 3.05) is 26.7 Å². The van der Waals surface area contributed by atoms with Gasteiger partial charge in [0.2, 0.25) is 0 Å². The Labute approximate surface area is 136 Å². The lowest BCUT2D eigenvalue weighted by molar-refractivity contribution is 0.0528. The molecule has 2 aromatic rings. The Morgan fingerprint density at radius 1 is 1.30 bits per heavy atom. The summed E-state index contributed by atoms with van der Waals surface area (Å²) in [6.07, 6.45) is 6.34. The number of nitrogens with zero attached hydrogens (tertiary/aromatic N) is 6. The molecular weight excluding hydrogens is 292 g/mol. The lowest BCUT2D eigenvalue weighted by Crippen LogP contribution is -2.49. The molecule has 0 bridgehead atoms. The second-order valence-corrected chi connectivity index (χ2v) is 6.16. The van der Waals surface area contributed by atoms with E-state index in [9.17, 15) is 4.79 Å². The van der Waals surface area contributed by atoms with Gasteiger partial charge in [-0.2, -0.15) is 5.10 Å².